The molecular weight excluding hydrogens is 515 g/mol. The zero-order valence-electron chi connectivity index (χ0n) is 17.9. The van der Waals surface area contributed by atoms with Crippen molar-refractivity contribution in [3.63, 3.8) is 0 Å². The lowest BCUT2D eigenvalue weighted by Crippen LogP contribution is -2.48. The van der Waals surface area contributed by atoms with Gasteiger partial charge in [0.05, 0.1) is 0 Å². The van der Waals surface area contributed by atoms with Crippen LogP contribution in [0.15, 0.2) is 35.8 Å². The second-order valence-electron chi connectivity index (χ2n) is 7.50. The normalized spacial score (nSPS) is 15.4. The number of halogens is 3. The Morgan fingerprint density at radius 1 is 1.26 bits per heavy atom. The first-order valence-electron chi connectivity index (χ1n) is 10.1. The lowest BCUT2D eigenvalue weighted by molar-refractivity contribution is 0.198. The van der Waals surface area contributed by atoms with Crippen molar-refractivity contribution in [2.45, 2.75) is 38.9 Å². The van der Waals surface area contributed by atoms with Crippen LogP contribution in [0.4, 0.5) is 8.78 Å². The standard InChI is InChI=1S/C21H29F2N7.HI/c1-4-9-24-21(25-13-20-28-27-15(2)29(20)3)26-17-7-10-30(11-8-17)14-16-5-6-18(22)19(23)12-16;/h4-6,12,17H,1,7-11,13-14H2,2-3H3,(H2,24,25,26);1H. The highest BCUT2D eigenvalue weighted by Crippen LogP contribution is 2.16. The van der Waals surface area contributed by atoms with Crippen LogP contribution in [0.3, 0.4) is 0 Å². The molecular formula is C21H30F2IN7. The van der Waals surface area contributed by atoms with E-state index in [1.807, 2.05) is 18.5 Å². The van der Waals surface area contributed by atoms with Gasteiger partial charge in [-0.3, -0.25) is 4.90 Å². The number of likely N-dealkylation sites (tertiary alicyclic amines) is 1. The Morgan fingerprint density at radius 2 is 2.00 bits per heavy atom. The van der Waals surface area contributed by atoms with Crippen LogP contribution in [0.25, 0.3) is 0 Å². The number of hydrogen-bond acceptors (Lipinski definition) is 4. The van der Waals surface area contributed by atoms with E-state index in [-0.39, 0.29) is 30.0 Å². The van der Waals surface area contributed by atoms with E-state index in [2.05, 4.69) is 37.3 Å². The van der Waals surface area contributed by atoms with Gasteiger partial charge in [-0.2, -0.15) is 0 Å². The van der Waals surface area contributed by atoms with Crippen molar-refractivity contribution in [2.75, 3.05) is 19.6 Å². The van der Waals surface area contributed by atoms with Crippen LogP contribution in [-0.4, -0.2) is 51.3 Å². The van der Waals surface area contributed by atoms with Gasteiger partial charge in [-0.05, 0) is 37.5 Å². The molecule has 1 aromatic heterocycles. The van der Waals surface area contributed by atoms with Crippen molar-refractivity contribution in [3.05, 3.63) is 59.7 Å². The first-order valence-corrected chi connectivity index (χ1v) is 10.1. The first kappa shape index (κ1) is 25.2. The summed E-state index contributed by atoms with van der Waals surface area (Å²) in [6, 6.07) is 4.38. The molecule has 1 fully saturated rings. The minimum atomic E-state index is -0.808. The summed E-state index contributed by atoms with van der Waals surface area (Å²) in [5.41, 5.74) is 0.786. The van der Waals surface area contributed by atoms with Crippen molar-refractivity contribution in [3.8, 4) is 0 Å². The maximum Gasteiger partial charge on any atom is 0.192 e. The zero-order valence-corrected chi connectivity index (χ0v) is 20.3. The Hall–Kier alpha value is -2.08. The summed E-state index contributed by atoms with van der Waals surface area (Å²) in [4.78, 5) is 6.89. The summed E-state index contributed by atoms with van der Waals surface area (Å²) >= 11 is 0. The third-order valence-corrected chi connectivity index (χ3v) is 5.29. The van der Waals surface area contributed by atoms with E-state index < -0.39 is 11.6 Å². The molecule has 0 amide bonds. The average molecular weight is 545 g/mol. The molecule has 0 atom stereocenters. The number of aryl methyl sites for hydroxylation is 1. The number of benzene rings is 1. The SMILES string of the molecule is C=CCNC(=NCc1nnc(C)n1C)NC1CCN(Cc2ccc(F)c(F)c2)CC1.I. The first-order chi connectivity index (χ1) is 14.5. The van der Waals surface area contributed by atoms with Crippen LogP contribution in [-0.2, 0) is 20.1 Å². The van der Waals surface area contributed by atoms with Gasteiger partial charge in [0, 0.05) is 39.3 Å². The largest absolute Gasteiger partial charge is 0.354 e. The molecule has 7 nitrogen and oxygen atoms in total. The average Bonchev–Trinajstić information content (AvgIpc) is 3.06. The summed E-state index contributed by atoms with van der Waals surface area (Å²) in [6.45, 7) is 9.05. The van der Waals surface area contributed by atoms with Gasteiger partial charge < -0.3 is 15.2 Å². The Bertz CT molecular complexity index is 892. The number of guanidine groups is 1. The molecule has 3 rings (SSSR count). The van der Waals surface area contributed by atoms with Crippen molar-refractivity contribution in [1.29, 1.82) is 0 Å². The molecule has 170 valence electrons. The van der Waals surface area contributed by atoms with Crippen LogP contribution < -0.4 is 10.6 Å². The molecule has 1 aliphatic heterocycles. The van der Waals surface area contributed by atoms with Gasteiger partial charge in [-0.25, -0.2) is 13.8 Å². The minimum Gasteiger partial charge on any atom is -0.354 e. The number of nitrogens with zero attached hydrogens (tertiary/aromatic N) is 5. The second-order valence-corrected chi connectivity index (χ2v) is 7.50. The number of nitrogens with one attached hydrogen (secondary N) is 2. The van der Waals surface area contributed by atoms with E-state index in [9.17, 15) is 8.78 Å². The molecule has 2 N–H and O–H groups in total. The Labute approximate surface area is 199 Å². The van der Waals surface area contributed by atoms with Gasteiger partial charge in [0.2, 0.25) is 0 Å². The minimum absolute atomic E-state index is 0. The molecule has 10 heteroatoms. The van der Waals surface area contributed by atoms with Gasteiger partial charge in [-0.15, -0.1) is 40.8 Å². The number of hydrogen-bond donors (Lipinski definition) is 2. The Kier molecular flexibility index (Phi) is 9.82. The quantitative estimate of drug-likeness (QED) is 0.243. The number of piperidine rings is 1. The van der Waals surface area contributed by atoms with E-state index in [1.54, 1.807) is 12.1 Å². The van der Waals surface area contributed by atoms with E-state index in [1.165, 1.54) is 12.1 Å². The van der Waals surface area contributed by atoms with Gasteiger partial charge in [0.1, 0.15) is 12.4 Å². The van der Waals surface area contributed by atoms with Crippen LogP contribution in [0.5, 0.6) is 0 Å². The smallest absolute Gasteiger partial charge is 0.192 e. The van der Waals surface area contributed by atoms with Gasteiger partial charge in [-0.1, -0.05) is 12.1 Å². The number of aromatic nitrogens is 3. The molecule has 0 aliphatic carbocycles. The number of aliphatic imine (C=N–C) groups is 1. The maximum atomic E-state index is 13.4. The van der Waals surface area contributed by atoms with E-state index in [0.717, 1.165) is 49.1 Å². The highest BCUT2D eigenvalue weighted by Gasteiger charge is 2.20. The van der Waals surface area contributed by atoms with Gasteiger partial charge in [0.15, 0.2) is 23.4 Å². The Morgan fingerprint density at radius 3 is 2.61 bits per heavy atom. The predicted octanol–water partition coefficient (Wildman–Crippen LogP) is 2.91. The van der Waals surface area contributed by atoms with Crippen LogP contribution in [0.1, 0.15) is 30.1 Å². The van der Waals surface area contributed by atoms with E-state index in [0.29, 0.717) is 19.6 Å². The van der Waals surface area contributed by atoms with E-state index in [4.69, 9.17) is 0 Å². The summed E-state index contributed by atoms with van der Waals surface area (Å²) in [5.74, 6) is 0.763. The monoisotopic (exact) mass is 545 g/mol. The lowest BCUT2D eigenvalue weighted by atomic mass is 10.0. The summed E-state index contributed by atoms with van der Waals surface area (Å²) < 4.78 is 28.4. The van der Waals surface area contributed by atoms with Crippen LogP contribution in [0.2, 0.25) is 0 Å². The molecule has 0 radical (unpaired) electrons. The van der Waals surface area contributed by atoms with Crippen molar-refractivity contribution in [2.24, 2.45) is 12.0 Å². The molecule has 2 heterocycles. The fourth-order valence-corrected chi connectivity index (χ4v) is 3.38. The molecule has 1 saturated heterocycles. The van der Waals surface area contributed by atoms with Gasteiger partial charge in [0.25, 0.3) is 0 Å². The van der Waals surface area contributed by atoms with Crippen molar-refractivity contribution in [1.82, 2.24) is 30.3 Å². The van der Waals surface area contributed by atoms with Crippen LogP contribution in [0, 0.1) is 18.6 Å². The zero-order chi connectivity index (χ0) is 21.5. The molecule has 0 unspecified atom stereocenters. The fourth-order valence-electron chi connectivity index (χ4n) is 3.38. The summed E-state index contributed by atoms with van der Waals surface area (Å²) in [7, 11) is 1.92. The third kappa shape index (κ3) is 7.23. The van der Waals surface area contributed by atoms with Gasteiger partial charge >= 0.3 is 0 Å². The molecule has 1 aliphatic rings. The Balaban J connectivity index is 0.00000341. The molecule has 0 spiro atoms. The molecule has 0 bridgehead atoms. The summed E-state index contributed by atoms with van der Waals surface area (Å²) in [6.07, 6.45) is 3.65. The molecule has 1 aromatic carbocycles. The predicted molar refractivity (Wildman–Crippen MR) is 128 cm³/mol. The van der Waals surface area contributed by atoms with Crippen molar-refractivity contribution < 1.29 is 8.78 Å². The maximum absolute atomic E-state index is 13.4. The van der Waals surface area contributed by atoms with Crippen molar-refractivity contribution >= 4 is 29.9 Å². The fraction of sp³-hybridized carbons (Fsp3) is 0.476. The highest BCUT2D eigenvalue weighted by atomic mass is 127. The lowest BCUT2D eigenvalue weighted by Gasteiger charge is -2.33. The molecule has 0 saturated carbocycles. The third-order valence-electron chi connectivity index (χ3n) is 5.29. The molecule has 31 heavy (non-hydrogen) atoms. The molecule has 2 aromatic rings. The topological polar surface area (TPSA) is 70.4 Å². The van der Waals surface area contributed by atoms with Crippen LogP contribution >= 0.6 is 24.0 Å². The second kappa shape index (κ2) is 12.1. The van der Waals surface area contributed by atoms with E-state index >= 15 is 0 Å². The number of rotatable bonds is 7. The highest BCUT2D eigenvalue weighted by molar-refractivity contribution is 14.0. The summed E-state index contributed by atoms with van der Waals surface area (Å²) in [5, 5.41) is 14.9.